The zero-order valence-corrected chi connectivity index (χ0v) is 35.6. The summed E-state index contributed by atoms with van der Waals surface area (Å²) in [6, 6.07) is -1.42. The molecule has 1 aromatic carbocycles. The fraction of sp³-hybridized carbons (Fsp3) is 0.667. The van der Waals surface area contributed by atoms with E-state index in [-0.39, 0.29) is 37.0 Å². The second-order valence-corrected chi connectivity index (χ2v) is 16.7. The molecule has 19 nitrogen and oxygen atoms in total. The van der Waals surface area contributed by atoms with Crippen molar-refractivity contribution in [2.24, 2.45) is 29.4 Å². The van der Waals surface area contributed by atoms with E-state index in [1.807, 2.05) is 13.8 Å². The number of carboxylic acids is 1. The number of rotatable bonds is 25. The van der Waals surface area contributed by atoms with Crippen LogP contribution in [0.25, 0.3) is 0 Å². The van der Waals surface area contributed by atoms with Gasteiger partial charge in [-0.3, -0.25) is 33.6 Å². The van der Waals surface area contributed by atoms with Gasteiger partial charge in [0, 0.05) is 18.9 Å². The van der Waals surface area contributed by atoms with Crippen LogP contribution >= 0.6 is 0 Å². The quantitative estimate of drug-likeness (QED) is 0.0533. The molecule has 0 radical (unpaired) electrons. The lowest BCUT2D eigenvalue weighted by molar-refractivity contribution is -0.139. The molecule has 12 N–H and O–H groups in total. The number of carboxylic acid groups (broad SMARTS) is 1. The molecule has 340 valence electrons. The number of phenolic OH excluding ortho intramolecular Hbond substituents is 1. The Kier molecular flexibility index (Phi) is 20.5. The molecular weight excluding hydrogens is 793 g/mol. The fourth-order valence-electron chi connectivity index (χ4n) is 7.96. The Morgan fingerprint density at radius 1 is 0.820 bits per heavy atom. The number of hydrogen-bond donors (Lipinski definition) is 11. The number of aliphatic hydroxyl groups is 1. The number of nitrogens with two attached hydrogens (primary N) is 1. The van der Waals surface area contributed by atoms with Gasteiger partial charge in [0.05, 0.1) is 13.2 Å². The lowest BCUT2D eigenvalue weighted by atomic mass is 9.77. The van der Waals surface area contributed by atoms with Crippen molar-refractivity contribution < 1.29 is 53.7 Å². The first kappa shape index (κ1) is 50.2. The molecule has 10 atom stereocenters. The summed E-state index contributed by atoms with van der Waals surface area (Å²) in [5.74, 6) is -5.96. The van der Waals surface area contributed by atoms with Crippen LogP contribution in [0.4, 0.5) is 0 Å². The van der Waals surface area contributed by atoms with E-state index >= 15 is 0 Å². The number of phenols is 1. The third-order valence-corrected chi connectivity index (χ3v) is 11.6. The molecular formula is C42H66N8O11. The van der Waals surface area contributed by atoms with Gasteiger partial charge < -0.3 is 63.1 Å². The van der Waals surface area contributed by atoms with Gasteiger partial charge in [-0.25, -0.2) is 0 Å². The SMILES string of the molecule is CC[C@H](C)[C@H](NC(=O)[C@H](CCC(=O)O)NC(=O)[C@H](Cc1ccc(O)cc1)NC(=O)[C@H](CC(C)C)NC(=O)[C@H](CC1CNC2CCCCC12)NC(=O)CN)C(=O)N[C@H](C=O)CO. The van der Waals surface area contributed by atoms with Gasteiger partial charge in [-0.15, -0.1) is 0 Å². The Bertz CT molecular complexity index is 1660. The van der Waals surface area contributed by atoms with Crippen LogP contribution in [0.2, 0.25) is 0 Å². The fourth-order valence-corrected chi connectivity index (χ4v) is 7.96. The van der Waals surface area contributed by atoms with Gasteiger partial charge in [-0.05, 0) is 80.0 Å². The summed E-state index contributed by atoms with van der Waals surface area (Å²) in [5, 5.41) is 48.1. The first-order valence-corrected chi connectivity index (χ1v) is 21.3. The van der Waals surface area contributed by atoms with Crippen molar-refractivity contribution in [2.75, 3.05) is 19.7 Å². The van der Waals surface area contributed by atoms with E-state index in [0.717, 1.165) is 25.7 Å². The van der Waals surface area contributed by atoms with Gasteiger partial charge in [0.15, 0.2) is 0 Å². The molecule has 0 spiro atoms. The molecule has 1 heterocycles. The highest BCUT2D eigenvalue weighted by molar-refractivity contribution is 5.97. The van der Waals surface area contributed by atoms with E-state index in [9.17, 15) is 53.7 Å². The number of carbonyl (C=O) groups excluding carboxylic acids is 7. The summed E-state index contributed by atoms with van der Waals surface area (Å²) in [4.78, 5) is 105. The molecule has 61 heavy (non-hydrogen) atoms. The van der Waals surface area contributed by atoms with Crippen molar-refractivity contribution in [3.05, 3.63) is 29.8 Å². The molecule has 3 rings (SSSR count). The summed E-state index contributed by atoms with van der Waals surface area (Å²) in [6.07, 6.45) is 4.31. The number of amides is 6. The molecule has 2 fully saturated rings. The molecule has 6 amide bonds. The molecule has 1 aliphatic heterocycles. The number of aromatic hydroxyl groups is 1. The van der Waals surface area contributed by atoms with Crippen molar-refractivity contribution in [1.82, 2.24) is 37.2 Å². The number of aliphatic carboxylic acids is 1. The second-order valence-electron chi connectivity index (χ2n) is 16.7. The van der Waals surface area contributed by atoms with Crippen LogP contribution in [0.15, 0.2) is 24.3 Å². The number of hydrogen-bond acceptors (Lipinski definition) is 12. The van der Waals surface area contributed by atoms with Gasteiger partial charge in [0.25, 0.3) is 0 Å². The van der Waals surface area contributed by atoms with E-state index in [1.54, 1.807) is 13.8 Å². The van der Waals surface area contributed by atoms with Gasteiger partial charge >= 0.3 is 5.97 Å². The smallest absolute Gasteiger partial charge is 0.303 e. The standard InChI is InChI=1S/C42H66N8O11/c1-5-24(4)37(42(61)45-27(21-51)22-52)50-38(57)31(14-15-36(55)56)47-40(59)33(17-25-10-12-28(53)13-11-25)49-39(58)32(16-23(2)3)48-41(60)34(46-35(54)19-43)18-26-20-44-30-9-7-6-8-29(26)30/h10-13,21,23-24,26-27,29-34,37,44,52-53H,5-9,14-20,22,43H2,1-4H3,(H,45,61)(H,46,54)(H,47,59)(H,48,60)(H,49,58)(H,50,57)(H,55,56)/t24-,26?,27+,29?,30?,31-,32-,33-,34-,37-/m0/s1. The normalized spacial score (nSPS) is 20.6. The van der Waals surface area contributed by atoms with Crippen LogP contribution in [0.1, 0.15) is 91.0 Å². The summed E-state index contributed by atoms with van der Waals surface area (Å²) in [5.41, 5.74) is 6.10. The molecule has 1 aliphatic carbocycles. The average molecular weight is 859 g/mol. The molecule has 3 unspecified atom stereocenters. The van der Waals surface area contributed by atoms with Crippen molar-refractivity contribution in [3.63, 3.8) is 0 Å². The molecule has 1 aromatic rings. The Morgan fingerprint density at radius 3 is 2.03 bits per heavy atom. The van der Waals surface area contributed by atoms with E-state index in [2.05, 4.69) is 37.2 Å². The third kappa shape index (κ3) is 16.0. The molecule has 1 saturated carbocycles. The van der Waals surface area contributed by atoms with Crippen molar-refractivity contribution in [1.29, 1.82) is 0 Å². The zero-order chi connectivity index (χ0) is 45.2. The number of benzene rings is 1. The average Bonchev–Trinajstić information content (AvgIpc) is 3.64. The maximum absolute atomic E-state index is 14.2. The van der Waals surface area contributed by atoms with Crippen molar-refractivity contribution in [2.45, 2.75) is 134 Å². The van der Waals surface area contributed by atoms with E-state index < -0.39 is 103 Å². The third-order valence-electron chi connectivity index (χ3n) is 11.6. The first-order valence-electron chi connectivity index (χ1n) is 21.3. The molecule has 1 saturated heterocycles. The Hall–Kier alpha value is -5.14. The summed E-state index contributed by atoms with van der Waals surface area (Å²) in [7, 11) is 0. The monoisotopic (exact) mass is 858 g/mol. The number of nitrogens with one attached hydrogen (secondary N) is 7. The first-order chi connectivity index (χ1) is 29.0. The molecule has 0 bridgehead atoms. The van der Waals surface area contributed by atoms with E-state index in [1.165, 1.54) is 24.3 Å². The van der Waals surface area contributed by atoms with Gasteiger partial charge in [0.1, 0.15) is 48.3 Å². The lowest BCUT2D eigenvalue weighted by Crippen LogP contribution is -2.60. The second kappa shape index (κ2) is 25.0. The number of carbonyl (C=O) groups is 8. The highest BCUT2D eigenvalue weighted by Gasteiger charge is 2.40. The molecule has 0 aromatic heterocycles. The Labute approximate surface area is 356 Å². The summed E-state index contributed by atoms with van der Waals surface area (Å²) in [6.45, 7) is 6.75. The highest BCUT2D eigenvalue weighted by atomic mass is 16.4. The summed E-state index contributed by atoms with van der Waals surface area (Å²) < 4.78 is 0. The maximum Gasteiger partial charge on any atom is 0.303 e. The topological polar surface area (TPSA) is 307 Å². The van der Waals surface area contributed by atoms with E-state index in [4.69, 9.17) is 5.73 Å². The van der Waals surface area contributed by atoms with Crippen molar-refractivity contribution in [3.8, 4) is 5.75 Å². The predicted molar refractivity (Wildman–Crippen MR) is 223 cm³/mol. The minimum absolute atomic E-state index is 0.0547. The van der Waals surface area contributed by atoms with Crippen LogP contribution in [0.5, 0.6) is 5.75 Å². The Morgan fingerprint density at radius 2 is 1.43 bits per heavy atom. The van der Waals surface area contributed by atoms with Gasteiger partial charge in [-0.1, -0.05) is 59.1 Å². The number of aldehydes is 1. The molecule has 19 heteroatoms. The van der Waals surface area contributed by atoms with Crippen LogP contribution in [0, 0.1) is 23.7 Å². The number of aliphatic hydroxyl groups excluding tert-OH is 1. The van der Waals surface area contributed by atoms with Crippen LogP contribution in [0.3, 0.4) is 0 Å². The zero-order valence-electron chi connectivity index (χ0n) is 35.6. The largest absolute Gasteiger partial charge is 0.508 e. The Balaban J connectivity index is 1.90. The number of fused-ring (bicyclic) bond motifs is 1. The predicted octanol–water partition coefficient (Wildman–Crippen LogP) is -0.881. The van der Waals surface area contributed by atoms with Gasteiger partial charge in [0.2, 0.25) is 35.4 Å². The van der Waals surface area contributed by atoms with Gasteiger partial charge in [-0.2, -0.15) is 0 Å². The van der Waals surface area contributed by atoms with Crippen LogP contribution in [-0.4, -0.2) is 125 Å². The summed E-state index contributed by atoms with van der Waals surface area (Å²) >= 11 is 0. The van der Waals surface area contributed by atoms with E-state index in [0.29, 0.717) is 43.2 Å². The highest BCUT2D eigenvalue weighted by Crippen LogP contribution is 2.36. The van der Waals surface area contributed by atoms with Crippen molar-refractivity contribution >= 4 is 47.7 Å². The maximum atomic E-state index is 14.2. The van der Waals surface area contributed by atoms with Crippen LogP contribution in [-0.2, 0) is 44.8 Å². The van der Waals surface area contributed by atoms with Crippen LogP contribution < -0.4 is 43.0 Å². The minimum atomic E-state index is -1.52. The molecule has 2 aliphatic rings. The minimum Gasteiger partial charge on any atom is -0.508 e. The lowest BCUT2D eigenvalue weighted by Gasteiger charge is -2.31.